The van der Waals surface area contributed by atoms with Gasteiger partial charge in [0.2, 0.25) is 5.91 Å². The normalized spacial score (nSPS) is 27.5. The number of furan rings is 1. The molecule has 1 aromatic heterocycles. The van der Waals surface area contributed by atoms with E-state index in [0.717, 1.165) is 56.6 Å². The molecular weight excluding hydrogens is 318 g/mol. The standard InChI is InChI=1S/C19H27N3O3/c1-13-6-9-17(25-13)16-5-3-2-4-10-21(16)19(24)20-14-11-18(23)22(12-14)15-7-8-15/h6,9,14-16H,2-5,7-8,10-12H2,1H3,(H,20,24)/t14-,16-/m0/s1. The number of likely N-dealkylation sites (tertiary alicyclic amines) is 2. The molecule has 136 valence electrons. The summed E-state index contributed by atoms with van der Waals surface area (Å²) in [4.78, 5) is 28.9. The van der Waals surface area contributed by atoms with E-state index in [1.165, 1.54) is 0 Å². The quantitative estimate of drug-likeness (QED) is 0.916. The third-order valence-corrected chi connectivity index (χ3v) is 5.58. The first-order valence-corrected chi connectivity index (χ1v) is 9.55. The summed E-state index contributed by atoms with van der Waals surface area (Å²) in [6.45, 7) is 3.33. The van der Waals surface area contributed by atoms with E-state index in [1.54, 1.807) is 0 Å². The molecule has 3 fully saturated rings. The molecular formula is C19H27N3O3. The SMILES string of the molecule is Cc1ccc([C@@H]2CCCCCN2C(=O)N[C@H]2CC(=O)N(C3CC3)C2)o1. The Morgan fingerprint density at radius 2 is 2.04 bits per heavy atom. The number of nitrogens with zero attached hydrogens (tertiary/aromatic N) is 2. The lowest BCUT2D eigenvalue weighted by molar-refractivity contribution is -0.128. The van der Waals surface area contributed by atoms with Gasteiger partial charge in [-0.25, -0.2) is 4.79 Å². The van der Waals surface area contributed by atoms with Crippen molar-refractivity contribution in [2.24, 2.45) is 0 Å². The maximum absolute atomic E-state index is 12.9. The number of hydrogen-bond donors (Lipinski definition) is 1. The van der Waals surface area contributed by atoms with Gasteiger partial charge in [-0.15, -0.1) is 0 Å². The topological polar surface area (TPSA) is 65.8 Å². The summed E-state index contributed by atoms with van der Waals surface area (Å²) in [5, 5.41) is 3.11. The van der Waals surface area contributed by atoms with Crippen LogP contribution in [0.15, 0.2) is 16.5 Å². The minimum atomic E-state index is -0.0668. The van der Waals surface area contributed by atoms with Gasteiger partial charge >= 0.3 is 6.03 Å². The number of nitrogens with one attached hydrogen (secondary N) is 1. The van der Waals surface area contributed by atoms with Gasteiger partial charge < -0.3 is 19.5 Å². The molecule has 0 aromatic carbocycles. The van der Waals surface area contributed by atoms with Crippen molar-refractivity contribution >= 4 is 11.9 Å². The Morgan fingerprint density at radius 1 is 1.20 bits per heavy atom. The molecule has 3 heterocycles. The Kier molecular flexibility index (Phi) is 4.44. The first-order valence-electron chi connectivity index (χ1n) is 9.55. The molecule has 2 aliphatic heterocycles. The van der Waals surface area contributed by atoms with Crippen molar-refractivity contribution in [3.8, 4) is 0 Å². The van der Waals surface area contributed by atoms with Crippen LogP contribution in [0, 0.1) is 6.92 Å². The molecule has 3 amide bonds. The molecule has 1 aromatic rings. The van der Waals surface area contributed by atoms with Crippen LogP contribution in [-0.4, -0.2) is 46.9 Å². The highest BCUT2D eigenvalue weighted by molar-refractivity contribution is 5.82. The Morgan fingerprint density at radius 3 is 2.76 bits per heavy atom. The summed E-state index contributed by atoms with van der Waals surface area (Å²) in [6, 6.07) is 4.23. The first-order chi connectivity index (χ1) is 12.1. The summed E-state index contributed by atoms with van der Waals surface area (Å²) in [5.41, 5.74) is 0. The average molecular weight is 345 g/mol. The first kappa shape index (κ1) is 16.5. The highest BCUT2D eigenvalue weighted by Crippen LogP contribution is 2.33. The van der Waals surface area contributed by atoms with Crippen molar-refractivity contribution in [1.29, 1.82) is 0 Å². The summed E-state index contributed by atoms with van der Waals surface area (Å²) >= 11 is 0. The van der Waals surface area contributed by atoms with Crippen LogP contribution >= 0.6 is 0 Å². The largest absolute Gasteiger partial charge is 0.464 e. The highest BCUT2D eigenvalue weighted by atomic mass is 16.3. The zero-order valence-electron chi connectivity index (χ0n) is 14.9. The maximum atomic E-state index is 12.9. The van der Waals surface area contributed by atoms with Crippen LogP contribution in [-0.2, 0) is 4.79 Å². The van der Waals surface area contributed by atoms with Crippen molar-refractivity contribution in [3.05, 3.63) is 23.7 Å². The molecule has 3 aliphatic rings. The minimum Gasteiger partial charge on any atom is -0.464 e. The molecule has 4 rings (SSSR count). The van der Waals surface area contributed by atoms with E-state index in [9.17, 15) is 9.59 Å². The fourth-order valence-corrected chi connectivity index (χ4v) is 4.10. The lowest BCUT2D eigenvalue weighted by atomic mass is 10.1. The van der Waals surface area contributed by atoms with Crippen LogP contribution in [0.1, 0.15) is 62.5 Å². The number of amides is 3. The van der Waals surface area contributed by atoms with Crippen molar-refractivity contribution in [3.63, 3.8) is 0 Å². The fraction of sp³-hybridized carbons (Fsp3) is 0.684. The lowest BCUT2D eigenvalue weighted by Crippen LogP contribution is -2.47. The minimum absolute atomic E-state index is 0.00663. The van der Waals surface area contributed by atoms with Crippen LogP contribution in [0.25, 0.3) is 0 Å². The second-order valence-electron chi connectivity index (χ2n) is 7.63. The van der Waals surface area contributed by atoms with Gasteiger partial charge in [-0.2, -0.15) is 0 Å². The van der Waals surface area contributed by atoms with Crippen LogP contribution in [0.4, 0.5) is 4.79 Å². The lowest BCUT2D eigenvalue weighted by Gasteiger charge is -2.30. The Balaban J connectivity index is 1.44. The zero-order valence-corrected chi connectivity index (χ0v) is 14.9. The van der Waals surface area contributed by atoms with E-state index < -0.39 is 0 Å². The van der Waals surface area contributed by atoms with Crippen molar-refractivity contribution in [1.82, 2.24) is 15.1 Å². The number of hydrogen-bond acceptors (Lipinski definition) is 3. The summed E-state index contributed by atoms with van der Waals surface area (Å²) in [5.74, 6) is 1.93. The molecule has 6 heteroatoms. The van der Waals surface area contributed by atoms with Crippen LogP contribution < -0.4 is 5.32 Å². The van der Waals surface area contributed by atoms with Crippen molar-refractivity contribution in [2.45, 2.75) is 70.0 Å². The summed E-state index contributed by atoms with van der Waals surface area (Å²) in [6.07, 6.45) is 6.83. The number of urea groups is 1. The third kappa shape index (κ3) is 3.53. The van der Waals surface area contributed by atoms with Gasteiger partial charge in [0.25, 0.3) is 0 Å². The van der Waals surface area contributed by atoms with Crippen molar-refractivity contribution in [2.75, 3.05) is 13.1 Å². The summed E-state index contributed by atoms with van der Waals surface area (Å²) < 4.78 is 5.82. The van der Waals surface area contributed by atoms with E-state index in [4.69, 9.17) is 4.42 Å². The zero-order chi connectivity index (χ0) is 17.4. The van der Waals surface area contributed by atoms with Gasteiger partial charge in [-0.05, 0) is 44.7 Å². The molecule has 0 bridgehead atoms. The van der Waals surface area contributed by atoms with Crippen LogP contribution in [0.5, 0.6) is 0 Å². The average Bonchev–Trinajstić information content (AvgIpc) is 3.30. The molecule has 6 nitrogen and oxygen atoms in total. The third-order valence-electron chi connectivity index (χ3n) is 5.58. The summed E-state index contributed by atoms with van der Waals surface area (Å²) in [7, 11) is 0. The number of carbonyl (C=O) groups excluding carboxylic acids is 2. The molecule has 0 spiro atoms. The van der Waals surface area contributed by atoms with E-state index in [-0.39, 0.29) is 24.0 Å². The second-order valence-corrected chi connectivity index (χ2v) is 7.63. The Labute approximate surface area is 148 Å². The van der Waals surface area contributed by atoms with Crippen LogP contribution in [0.3, 0.4) is 0 Å². The molecule has 1 saturated carbocycles. The Bertz CT molecular complexity index is 652. The Hall–Kier alpha value is -1.98. The number of carbonyl (C=O) groups is 2. The van der Waals surface area contributed by atoms with Gasteiger partial charge in [-0.1, -0.05) is 12.8 Å². The number of aryl methyl sites for hydroxylation is 1. The number of rotatable bonds is 3. The molecule has 2 atom stereocenters. The van der Waals surface area contributed by atoms with Gasteiger partial charge in [-0.3, -0.25) is 4.79 Å². The van der Waals surface area contributed by atoms with Gasteiger partial charge in [0.15, 0.2) is 0 Å². The fourth-order valence-electron chi connectivity index (χ4n) is 4.10. The molecule has 0 unspecified atom stereocenters. The molecule has 25 heavy (non-hydrogen) atoms. The van der Waals surface area contributed by atoms with Gasteiger partial charge in [0.05, 0.1) is 12.1 Å². The van der Waals surface area contributed by atoms with Crippen LogP contribution in [0.2, 0.25) is 0 Å². The van der Waals surface area contributed by atoms with Gasteiger partial charge in [0.1, 0.15) is 11.5 Å². The predicted molar refractivity (Wildman–Crippen MR) is 93.0 cm³/mol. The molecule has 2 saturated heterocycles. The van der Waals surface area contributed by atoms with E-state index in [0.29, 0.717) is 19.0 Å². The predicted octanol–water partition coefficient (Wildman–Crippen LogP) is 2.98. The van der Waals surface area contributed by atoms with E-state index in [2.05, 4.69) is 5.32 Å². The van der Waals surface area contributed by atoms with Gasteiger partial charge in [0, 0.05) is 25.6 Å². The highest BCUT2D eigenvalue weighted by Gasteiger charge is 2.40. The van der Waals surface area contributed by atoms with E-state index >= 15 is 0 Å². The second kappa shape index (κ2) is 6.73. The monoisotopic (exact) mass is 345 g/mol. The molecule has 1 aliphatic carbocycles. The van der Waals surface area contributed by atoms with Crippen molar-refractivity contribution < 1.29 is 14.0 Å². The maximum Gasteiger partial charge on any atom is 0.318 e. The molecule has 1 N–H and O–H groups in total. The molecule has 0 radical (unpaired) electrons. The smallest absolute Gasteiger partial charge is 0.318 e. The van der Waals surface area contributed by atoms with E-state index in [1.807, 2.05) is 28.9 Å².